The first-order valence-electron chi connectivity index (χ1n) is 10.3. The van der Waals surface area contributed by atoms with Crippen LogP contribution in [0, 0.1) is 0 Å². The zero-order chi connectivity index (χ0) is 26.2. The maximum Gasteiger partial charge on any atom is 0.573 e. The molecule has 1 aromatic carbocycles. The largest absolute Gasteiger partial charge is 0.573 e. The van der Waals surface area contributed by atoms with Gasteiger partial charge in [0.15, 0.2) is 15.7 Å². The summed E-state index contributed by atoms with van der Waals surface area (Å²) in [5, 5.41) is 7.77. The van der Waals surface area contributed by atoms with Gasteiger partial charge < -0.3 is 4.74 Å². The van der Waals surface area contributed by atoms with E-state index in [1.807, 2.05) is 0 Å². The van der Waals surface area contributed by atoms with Crippen LogP contribution in [0.25, 0.3) is 11.4 Å². The Kier molecular flexibility index (Phi) is 7.21. The van der Waals surface area contributed by atoms with E-state index in [2.05, 4.69) is 25.2 Å². The molecule has 1 fully saturated rings. The fraction of sp³-hybridized carbons (Fsp3) is 0.526. The Morgan fingerprint density at radius 3 is 2.20 bits per heavy atom. The summed E-state index contributed by atoms with van der Waals surface area (Å²) in [5.41, 5.74) is 0.344. The third-order valence-electron chi connectivity index (χ3n) is 5.64. The summed E-state index contributed by atoms with van der Waals surface area (Å²) < 4.78 is 89.7. The highest BCUT2D eigenvalue weighted by Gasteiger charge is 2.47. The zero-order valence-corrected chi connectivity index (χ0v) is 20.6. The van der Waals surface area contributed by atoms with E-state index in [9.17, 15) is 34.8 Å². The van der Waals surface area contributed by atoms with Gasteiger partial charge >= 0.3 is 6.36 Å². The number of nitrogens with one attached hydrogen (secondary N) is 2. The molecule has 3 rings (SSSR count). The summed E-state index contributed by atoms with van der Waals surface area (Å²) in [4.78, 5) is 16.9. The minimum Gasteiger partial charge on any atom is -0.406 e. The highest BCUT2D eigenvalue weighted by molar-refractivity contribution is 7.94. The fourth-order valence-corrected chi connectivity index (χ4v) is 6.38. The summed E-state index contributed by atoms with van der Waals surface area (Å²) in [6, 6.07) is 4.75. The van der Waals surface area contributed by atoms with E-state index in [0.29, 0.717) is 5.56 Å². The van der Waals surface area contributed by atoms with E-state index in [1.165, 1.54) is 30.3 Å². The van der Waals surface area contributed by atoms with Gasteiger partial charge in [0.05, 0.1) is 11.5 Å². The van der Waals surface area contributed by atoms with Gasteiger partial charge in [-0.3, -0.25) is 15.2 Å². The number of alkyl halides is 3. The van der Waals surface area contributed by atoms with E-state index < -0.39 is 47.9 Å². The Balaban J connectivity index is 1.68. The van der Waals surface area contributed by atoms with Crippen molar-refractivity contribution in [3.8, 4) is 17.1 Å². The van der Waals surface area contributed by atoms with Crippen molar-refractivity contribution in [2.45, 2.75) is 43.0 Å². The number of anilines is 1. The standard InChI is InChI=1S/C19H24F3N5O6S2/c1-18(2,35(31,32)14-8-10-27(11-9-14)34(3,29)30)16(28)24-17-23-15(25-26-17)12-4-6-13(7-5-12)33-19(20,21)22/h4-7,14H,8-11H2,1-3H3,(H2,23,24,25,26,28). The Bertz CT molecular complexity index is 1280. The summed E-state index contributed by atoms with van der Waals surface area (Å²) in [7, 11) is -7.46. The lowest BCUT2D eigenvalue weighted by Crippen LogP contribution is -2.52. The molecule has 1 aromatic heterocycles. The molecule has 0 atom stereocenters. The predicted molar refractivity (Wildman–Crippen MR) is 120 cm³/mol. The number of aromatic nitrogens is 3. The average Bonchev–Trinajstić information content (AvgIpc) is 3.21. The number of sulfone groups is 1. The van der Waals surface area contributed by atoms with Crippen LogP contribution in [0.1, 0.15) is 26.7 Å². The summed E-state index contributed by atoms with van der Waals surface area (Å²) in [6.45, 7) is 2.57. The van der Waals surface area contributed by atoms with Crippen molar-refractivity contribution >= 4 is 31.7 Å². The van der Waals surface area contributed by atoms with Gasteiger partial charge in [0.2, 0.25) is 21.9 Å². The molecular formula is C19H24F3N5O6S2. The van der Waals surface area contributed by atoms with Crippen LogP contribution in [-0.4, -0.2) is 77.9 Å². The summed E-state index contributed by atoms with van der Waals surface area (Å²) in [5.74, 6) is -1.42. The monoisotopic (exact) mass is 539 g/mol. The Labute approximate surface area is 200 Å². The molecule has 1 aliphatic rings. The first-order chi connectivity index (χ1) is 16.0. The molecule has 2 N–H and O–H groups in total. The lowest BCUT2D eigenvalue weighted by Gasteiger charge is -2.34. The van der Waals surface area contributed by atoms with Crippen LogP contribution in [0.4, 0.5) is 19.1 Å². The van der Waals surface area contributed by atoms with Crippen molar-refractivity contribution in [2.24, 2.45) is 0 Å². The molecule has 0 radical (unpaired) electrons. The van der Waals surface area contributed by atoms with Gasteiger partial charge in [0, 0.05) is 18.7 Å². The van der Waals surface area contributed by atoms with Crippen LogP contribution >= 0.6 is 0 Å². The number of ether oxygens (including phenoxy) is 1. The number of nitrogens with zero attached hydrogens (tertiary/aromatic N) is 3. The van der Waals surface area contributed by atoms with Gasteiger partial charge in [-0.15, -0.1) is 18.3 Å². The van der Waals surface area contributed by atoms with Crippen LogP contribution in [0.3, 0.4) is 0 Å². The summed E-state index contributed by atoms with van der Waals surface area (Å²) >= 11 is 0. The molecule has 11 nitrogen and oxygen atoms in total. The molecule has 35 heavy (non-hydrogen) atoms. The molecule has 0 spiro atoms. The fourth-order valence-electron chi connectivity index (χ4n) is 3.53. The smallest absolute Gasteiger partial charge is 0.406 e. The number of carbonyl (C=O) groups excluding carboxylic acids is 1. The van der Waals surface area contributed by atoms with E-state index in [-0.39, 0.29) is 37.7 Å². The highest BCUT2D eigenvalue weighted by Crippen LogP contribution is 2.30. The number of halogens is 3. The SMILES string of the molecule is CC(C)(C(=O)Nc1n[nH]c(-c2ccc(OC(F)(F)F)cc2)n1)S(=O)(=O)C1CCN(S(C)(=O)=O)CC1. The molecule has 194 valence electrons. The Hall–Kier alpha value is -2.72. The molecule has 0 saturated carbocycles. The van der Waals surface area contributed by atoms with Gasteiger partial charge in [-0.05, 0) is 51.0 Å². The number of H-pyrrole nitrogens is 1. The number of rotatable bonds is 7. The first kappa shape index (κ1) is 26.9. The molecule has 1 aliphatic heterocycles. The zero-order valence-electron chi connectivity index (χ0n) is 19.0. The number of hydrogen-bond donors (Lipinski definition) is 2. The molecule has 1 amide bonds. The van der Waals surface area contributed by atoms with Gasteiger partial charge in [0.1, 0.15) is 10.5 Å². The lowest BCUT2D eigenvalue weighted by molar-refractivity contribution is -0.274. The third-order valence-corrected chi connectivity index (χ3v) is 9.90. The molecule has 1 saturated heterocycles. The number of sulfonamides is 1. The highest BCUT2D eigenvalue weighted by atomic mass is 32.2. The topological polar surface area (TPSA) is 151 Å². The Morgan fingerprint density at radius 2 is 1.69 bits per heavy atom. The number of piperidine rings is 1. The maximum atomic E-state index is 13.2. The van der Waals surface area contributed by atoms with E-state index in [4.69, 9.17) is 0 Å². The number of carbonyl (C=O) groups is 1. The number of aromatic amines is 1. The van der Waals surface area contributed by atoms with Gasteiger partial charge in [0.25, 0.3) is 0 Å². The van der Waals surface area contributed by atoms with Crippen molar-refractivity contribution in [3.63, 3.8) is 0 Å². The van der Waals surface area contributed by atoms with Crippen LogP contribution in [0.5, 0.6) is 5.75 Å². The van der Waals surface area contributed by atoms with Crippen molar-refractivity contribution < 1.29 is 39.5 Å². The molecule has 0 aliphatic carbocycles. The minimum atomic E-state index is -4.83. The van der Waals surface area contributed by atoms with Crippen molar-refractivity contribution in [1.29, 1.82) is 0 Å². The maximum absolute atomic E-state index is 13.2. The lowest BCUT2D eigenvalue weighted by atomic mass is 10.1. The van der Waals surface area contributed by atoms with Crippen LogP contribution in [-0.2, 0) is 24.7 Å². The van der Waals surface area contributed by atoms with Crippen molar-refractivity contribution in [3.05, 3.63) is 24.3 Å². The van der Waals surface area contributed by atoms with Crippen LogP contribution in [0.15, 0.2) is 24.3 Å². The van der Waals surface area contributed by atoms with Crippen LogP contribution in [0.2, 0.25) is 0 Å². The second-order valence-electron chi connectivity index (χ2n) is 8.45. The predicted octanol–water partition coefficient (Wildman–Crippen LogP) is 1.93. The minimum absolute atomic E-state index is 0.0392. The quantitative estimate of drug-likeness (QED) is 0.542. The number of hydrogen-bond acceptors (Lipinski definition) is 8. The summed E-state index contributed by atoms with van der Waals surface area (Å²) in [6.07, 6.45) is -3.66. The number of benzene rings is 1. The third kappa shape index (κ3) is 6.10. The van der Waals surface area contributed by atoms with Gasteiger partial charge in [-0.25, -0.2) is 21.1 Å². The van der Waals surface area contributed by atoms with Crippen molar-refractivity contribution in [1.82, 2.24) is 19.5 Å². The molecular weight excluding hydrogens is 515 g/mol. The molecule has 0 unspecified atom stereocenters. The first-order valence-corrected chi connectivity index (χ1v) is 13.7. The molecule has 0 bridgehead atoms. The second kappa shape index (κ2) is 9.39. The Morgan fingerprint density at radius 1 is 1.11 bits per heavy atom. The van der Waals surface area contributed by atoms with E-state index >= 15 is 0 Å². The second-order valence-corrected chi connectivity index (χ2v) is 13.2. The molecule has 2 aromatic rings. The molecule has 2 heterocycles. The average molecular weight is 540 g/mol. The van der Waals surface area contributed by atoms with E-state index in [1.54, 1.807) is 0 Å². The normalized spacial score (nSPS) is 16.7. The van der Waals surface area contributed by atoms with E-state index in [0.717, 1.165) is 18.4 Å². The van der Waals surface area contributed by atoms with Crippen molar-refractivity contribution in [2.75, 3.05) is 24.7 Å². The van der Waals surface area contributed by atoms with Gasteiger partial charge in [-0.1, -0.05) is 0 Å². The van der Waals surface area contributed by atoms with Crippen LogP contribution < -0.4 is 10.1 Å². The van der Waals surface area contributed by atoms with Gasteiger partial charge in [-0.2, -0.15) is 4.98 Å². The molecule has 16 heteroatoms. The number of amides is 1.